The fraction of sp³-hybridized carbons (Fsp3) is 0.333. The van der Waals surface area contributed by atoms with Crippen LogP contribution in [0.5, 0.6) is 0 Å². The molecule has 0 bridgehead atoms. The Hall–Kier alpha value is -4.02. The topological polar surface area (TPSA) is 128 Å². The number of benzene rings is 3. The maximum Gasteiger partial charge on any atom is 0.496 e. The molecule has 3 aromatic carbocycles. The van der Waals surface area contributed by atoms with Gasteiger partial charge in [-0.05, 0) is 94.0 Å². The maximum atomic E-state index is 13.7. The third-order valence-electron chi connectivity index (χ3n) is 8.94. The van der Waals surface area contributed by atoms with E-state index >= 15 is 0 Å². The number of nitrogens with one attached hydrogen (secondary N) is 1. The van der Waals surface area contributed by atoms with Gasteiger partial charge in [-0.2, -0.15) is 5.26 Å². The van der Waals surface area contributed by atoms with Gasteiger partial charge in [0.2, 0.25) is 0 Å². The van der Waals surface area contributed by atoms with Crippen molar-refractivity contribution in [1.82, 2.24) is 5.32 Å². The smallest absolute Gasteiger partial charge is 0.496 e. The van der Waals surface area contributed by atoms with Crippen LogP contribution in [0.15, 0.2) is 59.0 Å². The van der Waals surface area contributed by atoms with Gasteiger partial charge in [0.15, 0.2) is 0 Å². The first-order valence-corrected chi connectivity index (χ1v) is 15.7. The number of hydrogen-bond acceptors (Lipinski definition) is 7. The number of halogens is 1. The number of anilines is 1. The summed E-state index contributed by atoms with van der Waals surface area (Å²) in [5.41, 5.74) is 2.63. The van der Waals surface area contributed by atoms with Crippen LogP contribution < -0.4 is 15.1 Å². The Morgan fingerprint density at radius 3 is 2.36 bits per heavy atom. The van der Waals surface area contributed by atoms with Gasteiger partial charge in [0.05, 0.1) is 40.6 Å². The lowest BCUT2D eigenvalue weighted by molar-refractivity contribution is 0.00578. The Morgan fingerprint density at radius 2 is 1.78 bits per heavy atom. The Labute approximate surface area is 263 Å². The summed E-state index contributed by atoms with van der Waals surface area (Å²) in [5.74, 6) is -0.433. The van der Waals surface area contributed by atoms with E-state index in [2.05, 4.69) is 11.4 Å². The minimum Gasteiger partial charge on any atom is -0.755 e. The van der Waals surface area contributed by atoms with Crippen molar-refractivity contribution in [2.45, 2.75) is 64.2 Å². The van der Waals surface area contributed by atoms with Crippen molar-refractivity contribution in [3.63, 3.8) is 0 Å². The van der Waals surface area contributed by atoms with Gasteiger partial charge in [-0.25, -0.2) is 4.39 Å². The Bertz CT molecular complexity index is 1860. The standard InChI is InChI=1S/C33H33BFN3O6S/c1-32(2)33(3,4)44-34(43-32)26-13-6-19(14-22(26)17-36)18-38(45(40)41)27-16-28-25(15-24(27)20-7-8-20)29(31(39)37-5)30(42-28)21-9-11-23(35)12-10-21/h6,9-16,20H,7-8,18H2,1-5H3,(H,37,39)(H,40,41)/p-1. The molecule has 6 rings (SSSR count). The molecule has 45 heavy (non-hydrogen) atoms. The van der Waals surface area contributed by atoms with Crippen molar-refractivity contribution in [3.05, 3.63) is 82.7 Å². The second kappa shape index (κ2) is 11.4. The van der Waals surface area contributed by atoms with E-state index in [-0.39, 0.29) is 24.1 Å². The molecule has 2 heterocycles. The number of fused-ring (bicyclic) bond motifs is 1. The van der Waals surface area contributed by atoms with Crippen LogP contribution in [0.1, 0.15) is 73.5 Å². The van der Waals surface area contributed by atoms with Crippen LogP contribution in [0.2, 0.25) is 0 Å². The molecule has 9 nitrogen and oxygen atoms in total. The molecule has 2 fully saturated rings. The molecule has 0 radical (unpaired) electrons. The molecule has 4 aromatic rings. The van der Waals surface area contributed by atoms with Crippen molar-refractivity contribution >= 4 is 46.4 Å². The molecule has 1 unspecified atom stereocenters. The second-order valence-electron chi connectivity index (χ2n) is 12.4. The van der Waals surface area contributed by atoms with E-state index in [0.717, 1.165) is 18.4 Å². The lowest BCUT2D eigenvalue weighted by Crippen LogP contribution is -2.41. The molecule has 0 spiro atoms. The molecule has 1 saturated carbocycles. The Balaban J connectivity index is 1.41. The number of amides is 1. The molecule has 1 amide bonds. The first-order valence-electron chi connectivity index (χ1n) is 14.7. The van der Waals surface area contributed by atoms with Crippen LogP contribution in [0.25, 0.3) is 22.3 Å². The van der Waals surface area contributed by atoms with Crippen molar-refractivity contribution in [2.24, 2.45) is 0 Å². The zero-order valence-electron chi connectivity index (χ0n) is 25.6. The summed E-state index contributed by atoms with van der Waals surface area (Å²) in [6.45, 7) is 7.68. The molecule has 1 N–H and O–H groups in total. The van der Waals surface area contributed by atoms with E-state index in [1.807, 2.05) is 33.8 Å². The molecule has 2 aliphatic rings. The van der Waals surface area contributed by atoms with E-state index in [1.165, 1.54) is 35.6 Å². The SMILES string of the molecule is CNC(=O)c1c(-c2ccc(F)cc2)oc2cc(N(Cc3ccc(B4OC(C)(C)C(C)(C)O4)c(C#N)c3)S(=O)[O-])c(C3CC3)cc12. The molecule has 1 saturated heterocycles. The van der Waals surface area contributed by atoms with E-state index < -0.39 is 35.4 Å². The molecule has 1 aliphatic heterocycles. The highest BCUT2D eigenvalue weighted by atomic mass is 32.2. The number of carbonyl (C=O) groups excluding carboxylic acids is 1. The molecular formula is C33H32BFN3O6S-. The normalized spacial score (nSPS) is 17.7. The zero-order chi connectivity index (χ0) is 32.3. The minimum absolute atomic E-state index is 0.0481. The number of carbonyl (C=O) groups is 1. The molecule has 1 aliphatic carbocycles. The van der Waals surface area contributed by atoms with Crippen LogP contribution in [-0.4, -0.2) is 40.0 Å². The number of furan rings is 1. The van der Waals surface area contributed by atoms with Gasteiger partial charge in [-0.15, -0.1) is 0 Å². The van der Waals surface area contributed by atoms with E-state index in [4.69, 9.17) is 13.7 Å². The number of hydrogen-bond donors (Lipinski definition) is 1. The molecule has 1 aromatic heterocycles. The summed E-state index contributed by atoms with van der Waals surface area (Å²) >= 11 is -2.69. The Morgan fingerprint density at radius 1 is 1.11 bits per heavy atom. The fourth-order valence-corrected chi connectivity index (χ4v) is 6.17. The number of nitrogens with zero attached hydrogens (tertiary/aromatic N) is 2. The minimum atomic E-state index is -2.69. The summed E-state index contributed by atoms with van der Waals surface area (Å²) in [6.07, 6.45) is 1.74. The molecule has 232 valence electrons. The monoisotopic (exact) mass is 628 g/mol. The second-order valence-corrected chi connectivity index (χ2v) is 13.3. The van der Waals surface area contributed by atoms with Gasteiger partial charge < -0.3 is 23.6 Å². The van der Waals surface area contributed by atoms with Crippen molar-refractivity contribution in [2.75, 3.05) is 11.4 Å². The lowest BCUT2D eigenvalue weighted by Gasteiger charge is -2.32. The summed E-state index contributed by atoms with van der Waals surface area (Å²) < 4.78 is 59.0. The summed E-state index contributed by atoms with van der Waals surface area (Å²) in [6, 6.07) is 16.5. The molecule has 12 heteroatoms. The van der Waals surface area contributed by atoms with Crippen LogP contribution in [0.4, 0.5) is 10.1 Å². The van der Waals surface area contributed by atoms with Crippen LogP contribution in [0.3, 0.4) is 0 Å². The number of nitriles is 1. The number of rotatable bonds is 8. The summed E-state index contributed by atoms with van der Waals surface area (Å²) in [7, 11) is 0.776. The largest absolute Gasteiger partial charge is 0.755 e. The third kappa shape index (κ3) is 5.66. The molecule has 1 atom stereocenters. The average Bonchev–Trinajstić information content (AvgIpc) is 3.74. The van der Waals surface area contributed by atoms with Crippen LogP contribution >= 0.6 is 0 Å². The molecular weight excluding hydrogens is 596 g/mol. The zero-order valence-corrected chi connectivity index (χ0v) is 26.4. The highest BCUT2D eigenvalue weighted by molar-refractivity contribution is 7.80. The average molecular weight is 629 g/mol. The van der Waals surface area contributed by atoms with E-state index in [1.54, 1.807) is 24.3 Å². The third-order valence-corrected chi connectivity index (χ3v) is 9.62. The van der Waals surface area contributed by atoms with Gasteiger partial charge in [0.1, 0.15) is 17.2 Å². The van der Waals surface area contributed by atoms with Gasteiger partial charge in [0, 0.05) is 40.8 Å². The van der Waals surface area contributed by atoms with E-state index in [0.29, 0.717) is 44.4 Å². The van der Waals surface area contributed by atoms with Gasteiger partial charge >= 0.3 is 7.12 Å². The summed E-state index contributed by atoms with van der Waals surface area (Å²) in [4.78, 5) is 13.1. The van der Waals surface area contributed by atoms with Crippen molar-refractivity contribution in [1.29, 1.82) is 5.26 Å². The quantitative estimate of drug-likeness (QED) is 0.203. The van der Waals surface area contributed by atoms with Crippen LogP contribution in [-0.2, 0) is 27.1 Å². The summed E-state index contributed by atoms with van der Waals surface area (Å²) in [5, 5.41) is 13.2. The maximum absolute atomic E-state index is 13.7. The van der Waals surface area contributed by atoms with Gasteiger partial charge in [-0.3, -0.25) is 13.3 Å². The predicted molar refractivity (Wildman–Crippen MR) is 169 cm³/mol. The van der Waals surface area contributed by atoms with E-state index in [9.17, 15) is 23.2 Å². The van der Waals surface area contributed by atoms with Crippen molar-refractivity contribution in [3.8, 4) is 17.4 Å². The van der Waals surface area contributed by atoms with Gasteiger partial charge in [0.25, 0.3) is 5.91 Å². The van der Waals surface area contributed by atoms with Crippen LogP contribution in [0, 0.1) is 17.1 Å². The Kier molecular flexibility index (Phi) is 7.86. The predicted octanol–water partition coefficient (Wildman–Crippen LogP) is 5.45. The van der Waals surface area contributed by atoms with Crippen molar-refractivity contribution < 1.29 is 31.7 Å². The first kappa shape index (κ1) is 31.0. The first-order chi connectivity index (χ1) is 21.3. The fourth-order valence-electron chi connectivity index (χ4n) is 5.60. The van der Waals surface area contributed by atoms with Gasteiger partial charge in [-0.1, -0.05) is 12.1 Å². The lowest BCUT2D eigenvalue weighted by atomic mass is 9.75. The highest BCUT2D eigenvalue weighted by Gasteiger charge is 2.52. The highest BCUT2D eigenvalue weighted by Crippen LogP contribution is 2.48.